The Balaban J connectivity index is 1.65. The number of hydrogen-bond acceptors (Lipinski definition) is 3. The Kier molecular flexibility index (Phi) is 8.93. The van der Waals surface area contributed by atoms with Gasteiger partial charge in [0.1, 0.15) is 18.0 Å². The van der Waals surface area contributed by atoms with E-state index in [1.165, 1.54) is 23.6 Å². The Bertz CT molecular complexity index is 1380. The summed E-state index contributed by atoms with van der Waals surface area (Å²) in [7, 11) is 0. The van der Waals surface area contributed by atoms with Crippen LogP contribution in [0.3, 0.4) is 0 Å². The van der Waals surface area contributed by atoms with E-state index >= 15 is 0 Å². The fraction of sp³-hybridized carbons (Fsp3) is 0.400. The Morgan fingerprint density at radius 1 is 0.949 bits per heavy atom. The summed E-state index contributed by atoms with van der Waals surface area (Å²) < 4.78 is 19.3. The Morgan fingerprint density at radius 2 is 1.62 bits per heavy atom. The fourth-order valence-corrected chi connectivity index (χ4v) is 6.02. The van der Waals surface area contributed by atoms with Gasteiger partial charge in [-0.1, -0.05) is 74.6 Å². The van der Waals surface area contributed by atoms with Crippen molar-refractivity contribution < 1.29 is 19.0 Å². The molecule has 0 heterocycles. The minimum Gasteiger partial charge on any atom is -0.463 e. The summed E-state index contributed by atoms with van der Waals surface area (Å²) in [6.45, 7) is 8.87. The van der Waals surface area contributed by atoms with Crippen molar-refractivity contribution in [1.82, 2.24) is 0 Å². The van der Waals surface area contributed by atoms with E-state index in [0.717, 1.165) is 66.3 Å². The predicted molar refractivity (Wildman–Crippen MR) is 155 cm³/mol. The van der Waals surface area contributed by atoms with Gasteiger partial charge in [0.2, 0.25) is 0 Å². The van der Waals surface area contributed by atoms with Gasteiger partial charge in [0.05, 0.1) is 0 Å². The lowest BCUT2D eigenvalue weighted by Gasteiger charge is -2.34. The van der Waals surface area contributed by atoms with Gasteiger partial charge in [-0.15, -0.1) is 0 Å². The van der Waals surface area contributed by atoms with Crippen molar-refractivity contribution in [2.24, 2.45) is 0 Å². The van der Waals surface area contributed by atoms with Crippen LogP contribution in [-0.4, -0.2) is 17.2 Å². The number of aliphatic hydroxyl groups is 1. The molecule has 0 atom stereocenters. The molecule has 4 rings (SSSR count). The van der Waals surface area contributed by atoms with E-state index in [2.05, 4.69) is 75.9 Å². The van der Waals surface area contributed by atoms with Gasteiger partial charge in [-0.2, -0.15) is 0 Å². The normalized spacial score (nSPS) is 14.8. The van der Waals surface area contributed by atoms with Crippen molar-refractivity contribution in [3.63, 3.8) is 0 Å². The van der Waals surface area contributed by atoms with Crippen LogP contribution in [0.15, 0.2) is 54.6 Å². The molecule has 0 aliphatic heterocycles. The first kappa shape index (κ1) is 28.6. The molecule has 1 saturated carbocycles. The summed E-state index contributed by atoms with van der Waals surface area (Å²) in [5.41, 5.74) is 6.76. The van der Waals surface area contributed by atoms with Gasteiger partial charge in [0, 0.05) is 16.5 Å². The maximum Gasteiger partial charge on any atom is 0.293 e. The van der Waals surface area contributed by atoms with Crippen molar-refractivity contribution in [1.29, 1.82) is 0 Å². The third-order valence-electron chi connectivity index (χ3n) is 8.55. The van der Waals surface area contributed by atoms with E-state index in [1.54, 1.807) is 6.07 Å². The fourth-order valence-electron chi connectivity index (χ4n) is 6.02. The Morgan fingerprint density at radius 3 is 2.21 bits per heavy atom. The molecule has 4 heteroatoms. The molecule has 0 radical (unpaired) electrons. The highest BCUT2D eigenvalue weighted by molar-refractivity contribution is 5.68. The largest absolute Gasteiger partial charge is 0.463 e. The average molecular weight is 527 g/mol. The van der Waals surface area contributed by atoms with Crippen LogP contribution < -0.4 is 0 Å². The molecule has 1 N–H and O–H groups in total. The average Bonchev–Trinajstić information content (AvgIpc) is 2.93. The van der Waals surface area contributed by atoms with E-state index in [0.29, 0.717) is 12.0 Å². The van der Waals surface area contributed by atoms with Crippen LogP contribution in [-0.2, 0) is 21.6 Å². The molecule has 0 spiro atoms. The maximum absolute atomic E-state index is 14.6. The molecule has 1 fully saturated rings. The standard InChI is InChI=1S/C35H39FO3/c1-5-35(6-2,30-13-12-27(25(3)20-30)16-19-34(38)17-8-7-9-18-34)31-14-15-32(26(4)21-31)28-10-11-29(23-39-24-37)33(36)22-28/h10-15,20-22,24,38H,5-9,17-18,23H2,1-4H3. The second-order valence-electron chi connectivity index (χ2n) is 10.9. The van der Waals surface area contributed by atoms with Crippen LogP contribution in [0.2, 0.25) is 0 Å². The predicted octanol–water partition coefficient (Wildman–Crippen LogP) is 7.94. The maximum atomic E-state index is 14.6. The van der Waals surface area contributed by atoms with E-state index in [1.807, 2.05) is 6.07 Å². The molecule has 0 aromatic heterocycles. The number of halogens is 1. The van der Waals surface area contributed by atoms with Crippen LogP contribution in [0.5, 0.6) is 0 Å². The molecule has 204 valence electrons. The highest BCUT2D eigenvalue weighted by atomic mass is 19.1. The van der Waals surface area contributed by atoms with Gasteiger partial charge in [0.25, 0.3) is 6.47 Å². The second kappa shape index (κ2) is 12.2. The quantitative estimate of drug-likeness (QED) is 0.239. The van der Waals surface area contributed by atoms with E-state index < -0.39 is 5.60 Å². The first-order valence-electron chi connectivity index (χ1n) is 14.1. The first-order valence-corrected chi connectivity index (χ1v) is 14.1. The number of hydrogen-bond donors (Lipinski definition) is 1. The molecule has 0 bridgehead atoms. The zero-order valence-corrected chi connectivity index (χ0v) is 23.6. The Labute approximate surface area is 232 Å². The molecule has 1 aliphatic rings. The minimum absolute atomic E-state index is 0.0757. The summed E-state index contributed by atoms with van der Waals surface area (Å²) in [4.78, 5) is 10.5. The number of aryl methyl sites for hydroxylation is 2. The number of rotatable bonds is 8. The van der Waals surface area contributed by atoms with Gasteiger partial charge in [-0.25, -0.2) is 4.39 Å². The number of ether oxygens (including phenoxy) is 1. The lowest BCUT2D eigenvalue weighted by atomic mass is 9.69. The van der Waals surface area contributed by atoms with E-state index in [-0.39, 0.29) is 17.8 Å². The third kappa shape index (κ3) is 6.10. The van der Waals surface area contributed by atoms with Crippen LogP contribution in [0.4, 0.5) is 4.39 Å². The number of carbonyl (C=O) groups excluding carboxylic acids is 1. The van der Waals surface area contributed by atoms with Crippen LogP contribution in [0.25, 0.3) is 11.1 Å². The molecule has 3 aromatic rings. The summed E-state index contributed by atoms with van der Waals surface area (Å²) in [6, 6.07) is 18.1. The van der Waals surface area contributed by atoms with Crippen LogP contribution >= 0.6 is 0 Å². The molecule has 0 saturated heterocycles. The molecule has 3 aromatic carbocycles. The molecule has 39 heavy (non-hydrogen) atoms. The Hall–Kier alpha value is -3.42. The SMILES string of the molecule is CCC(CC)(c1ccc(C#CC2(O)CCCCC2)c(C)c1)c1ccc(-c2ccc(COC=O)c(F)c2)c(C)c1. The monoisotopic (exact) mass is 526 g/mol. The van der Waals surface area contributed by atoms with E-state index in [4.69, 9.17) is 4.74 Å². The third-order valence-corrected chi connectivity index (χ3v) is 8.55. The van der Waals surface area contributed by atoms with Gasteiger partial charge < -0.3 is 9.84 Å². The first-order chi connectivity index (χ1) is 18.7. The van der Waals surface area contributed by atoms with Crippen molar-refractivity contribution in [3.8, 4) is 23.0 Å². The van der Waals surface area contributed by atoms with Crippen molar-refractivity contribution in [2.75, 3.05) is 0 Å². The van der Waals surface area contributed by atoms with Crippen LogP contribution in [0, 0.1) is 31.5 Å². The van der Waals surface area contributed by atoms with E-state index in [9.17, 15) is 14.3 Å². The van der Waals surface area contributed by atoms with Crippen molar-refractivity contribution in [3.05, 3.63) is 93.8 Å². The van der Waals surface area contributed by atoms with Crippen molar-refractivity contribution >= 4 is 6.47 Å². The van der Waals surface area contributed by atoms with Crippen LogP contribution in [0.1, 0.15) is 92.2 Å². The smallest absolute Gasteiger partial charge is 0.293 e. The minimum atomic E-state index is -0.855. The number of benzene rings is 3. The van der Waals surface area contributed by atoms with Gasteiger partial charge in [-0.05, 0) is 97.9 Å². The lowest BCUT2D eigenvalue weighted by Crippen LogP contribution is -2.29. The molecular formula is C35H39FO3. The number of carbonyl (C=O) groups is 1. The molecule has 3 nitrogen and oxygen atoms in total. The summed E-state index contributed by atoms with van der Waals surface area (Å²) >= 11 is 0. The highest BCUT2D eigenvalue weighted by Crippen LogP contribution is 2.41. The second-order valence-corrected chi connectivity index (χ2v) is 10.9. The molecule has 1 aliphatic carbocycles. The summed E-state index contributed by atoms with van der Waals surface area (Å²) in [5, 5.41) is 10.8. The molecule has 0 amide bonds. The van der Waals surface area contributed by atoms with Gasteiger partial charge >= 0.3 is 0 Å². The van der Waals surface area contributed by atoms with Crippen molar-refractivity contribution in [2.45, 2.75) is 90.3 Å². The zero-order valence-electron chi connectivity index (χ0n) is 23.6. The zero-order chi connectivity index (χ0) is 28.0. The summed E-state index contributed by atoms with van der Waals surface area (Å²) in [6.07, 6.45) is 6.63. The van der Waals surface area contributed by atoms with Gasteiger partial charge in [-0.3, -0.25) is 4.79 Å². The van der Waals surface area contributed by atoms with Gasteiger partial charge in [0.15, 0.2) is 0 Å². The molecule has 0 unspecified atom stereocenters. The topological polar surface area (TPSA) is 46.5 Å². The highest BCUT2D eigenvalue weighted by Gasteiger charge is 2.31. The summed E-state index contributed by atoms with van der Waals surface area (Å²) in [5.74, 6) is 6.07. The molecular weight excluding hydrogens is 487 g/mol. The lowest BCUT2D eigenvalue weighted by molar-refractivity contribution is -0.129.